The van der Waals surface area contributed by atoms with Crippen LogP contribution in [-0.4, -0.2) is 22.8 Å². The summed E-state index contributed by atoms with van der Waals surface area (Å²) in [6.07, 6.45) is 5.03. The van der Waals surface area contributed by atoms with Crippen molar-refractivity contribution in [3.05, 3.63) is 66.2 Å². The summed E-state index contributed by atoms with van der Waals surface area (Å²) < 4.78 is 0. The molecule has 1 aliphatic heterocycles. The van der Waals surface area contributed by atoms with Crippen LogP contribution in [0, 0.1) is 23.7 Å². The van der Waals surface area contributed by atoms with Crippen molar-refractivity contribution in [1.82, 2.24) is 0 Å². The minimum atomic E-state index is -0.338. The fourth-order valence-corrected chi connectivity index (χ4v) is 4.71. The van der Waals surface area contributed by atoms with Gasteiger partial charge in [0.25, 0.3) is 5.91 Å². The van der Waals surface area contributed by atoms with E-state index in [1.54, 1.807) is 36.4 Å². The fraction of sp³-hybridized carbons (Fsp3) is 0.227. The quantitative estimate of drug-likeness (QED) is 0.639. The van der Waals surface area contributed by atoms with Crippen molar-refractivity contribution in [1.29, 1.82) is 0 Å². The topological polar surface area (TPSA) is 86.7 Å². The van der Waals surface area contributed by atoms with E-state index in [1.807, 2.05) is 0 Å². The maximum absolute atomic E-state index is 12.8. The number of carbonyl (C=O) groups is 3. The summed E-state index contributed by atoms with van der Waals surface area (Å²) in [5, 5.41) is 12.2. The number of carbonyl (C=O) groups excluding carboxylic acids is 3. The van der Waals surface area contributed by atoms with Gasteiger partial charge in [-0.05, 0) is 54.7 Å². The van der Waals surface area contributed by atoms with Crippen LogP contribution in [0.4, 0.5) is 11.4 Å². The van der Waals surface area contributed by atoms with Crippen LogP contribution in [0.2, 0.25) is 0 Å². The van der Waals surface area contributed by atoms with E-state index in [9.17, 15) is 19.5 Å². The summed E-state index contributed by atoms with van der Waals surface area (Å²) in [5.41, 5.74) is 1.38. The molecular formula is C22H18N2O4. The summed E-state index contributed by atoms with van der Waals surface area (Å²) in [7, 11) is 0. The molecule has 28 heavy (non-hydrogen) atoms. The van der Waals surface area contributed by atoms with Crippen molar-refractivity contribution >= 4 is 29.1 Å². The number of phenolic OH excluding ortho intramolecular Hbond substituents is 1. The standard InChI is InChI=1S/C22H18N2O4/c25-17-3-1-2-15(11-17)23-20(26)12-6-8-16(9-7-12)24-21(27)18-13-4-5-14(10-13)19(18)22(24)28/h1-9,11,13-14,18-19,25H,10H2,(H,23,26)/t13-,14-,18-,19+/m1/s1. The van der Waals surface area contributed by atoms with Crippen molar-refractivity contribution in [3.63, 3.8) is 0 Å². The molecule has 3 amide bonds. The van der Waals surface area contributed by atoms with Gasteiger partial charge in [-0.15, -0.1) is 0 Å². The molecule has 2 aromatic rings. The van der Waals surface area contributed by atoms with Crippen LogP contribution in [-0.2, 0) is 9.59 Å². The zero-order valence-electron chi connectivity index (χ0n) is 14.9. The number of nitrogens with one attached hydrogen (secondary N) is 1. The summed E-state index contributed by atoms with van der Waals surface area (Å²) in [5.74, 6) is -0.684. The minimum absolute atomic E-state index is 0.0632. The van der Waals surface area contributed by atoms with Gasteiger partial charge in [-0.3, -0.25) is 19.3 Å². The Kier molecular flexibility index (Phi) is 3.62. The Morgan fingerprint density at radius 2 is 1.61 bits per heavy atom. The van der Waals surface area contributed by atoms with Gasteiger partial charge in [-0.1, -0.05) is 18.2 Å². The molecule has 3 aliphatic rings. The highest BCUT2D eigenvalue weighted by Crippen LogP contribution is 2.53. The van der Waals surface area contributed by atoms with Crippen molar-refractivity contribution in [2.24, 2.45) is 23.7 Å². The lowest BCUT2D eigenvalue weighted by Crippen LogP contribution is -2.32. The third-order valence-electron chi connectivity index (χ3n) is 5.96. The summed E-state index contributed by atoms with van der Waals surface area (Å²) in [6.45, 7) is 0. The Morgan fingerprint density at radius 1 is 0.964 bits per heavy atom. The molecule has 2 bridgehead atoms. The van der Waals surface area contributed by atoms with E-state index < -0.39 is 0 Å². The largest absolute Gasteiger partial charge is 0.508 e. The molecule has 0 spiro atoms. The second-order valence-corrected chi connectivity index (χ2v) is 7.56. The first-order valence-corrected chi connectivity index (χ1v) is 9.29. The number of amides is 3. The third-order valence-corrected chi connectivity index (χ3v) is 5.96. The number of phenols is 1. The van der Waals surface area contributed by atoms with Crippen LogP contribution in [0.3, 0.4) is 0 Å². The van der Waals surface area contributed by atoms with Crippen LogP contribution in [0.15, 0.2) is 60.7 Å². The molecule has 2 fully saturated rings. The van der Waals surface area contributed by atoms with Gasteiger partial charge in [-0.25, -0.2) is 0 Å². The van der Waals surface area contributed by atoms with Gasteiger partial charge in [0.05, 0.1) is 17.5 Å². The zero-order chi connectivity index (χ0) is 19.4. The highest BCUT2D eigenvalue weighted by atomic mass is 16.3. The van der Waals surface area contributed by atoms with Crippen molar-refractivity contribution in [2.45, 2.75) is 6.42 Å². The van der Waals surface area contributed by atoms with Crippen molar-refractivity contribution in [3.8, 4) is 5.75 Å². The molecule has 1 saturated carbocycles. The number of aromatic hydroxyl groups is 1. The molecule has 0 radical (unpaired) electrons. The van der Waals surface area contributed by atoms with Crippen LogP contribution in [0.5, 0.6) is 5.75 Å². The number of benzene rings is 2. The lowest BCUT2D eigenvalue weighted by molar-refractivity contribution is -0.123. The van der Waals surface area contributed by atoms with Crippen LogP contribution < -0.4 is 10.2 Å². The predicted molar refractivity (Wildman–Crippen MR) is 103 cm³/mol. The minimum Gasteiger partial charge on any atom is -0.508 e. The average Bonchev–Trinajstić information content (AvgIpc) is 3.36. The summed E-state index contributed by atoms with van der Waals surface area (Å²) in [4.78, 5) is 39.4. The highest BCUT2D eigenvalue weighted by molar-refractivity contribution is 6.23. The van der Waals surface area contributed by atoms with E-state index >= 15 is 0 Å². The number of allylic oxidation sites excluding steroid dienone is 2. The lowest BCUT2D eigenvalue weighted by atomic mass is 9.85. The van der Waals surface area contributed by atoms with Gasteiger partial charge in [0.2, 0.25) is 11.8 Å². The van der Waals surface area contributed by atoms with E-state index in [4.69, 9.17) is 0 Å². The smallest absolute Gasteiger partial charge is 0.255 e. The molecule has 2 aliphatic carbocycles. The van der Waals surface area contributed by atoms with Crippen LogP contribution >= 0.6 is 0 Å². The number of fused-ring (bicyclic) bond motifs is 5. The maximum atomic E-state index is 12.8. The molecule has 5 rings (SSSR count). The van der Waals surface area contributed by atoms with E-state index in [2.05, 4.69) is 17.5 Å². The number of nitrogens with zero attached hydrogens (tertiary/aromatic N) is 1. The van der Waals surface area contributed by atoms with Gasteiger partial charge in [0.15, 0.2) is 0 Å². The molecule has 140 valence electrons. The number of hydrogen-bond donors (Lipinski definition) is 2. The SMILES string of the molecule is O=C(Nc1cccc(O)c1)c1ccc(N2C(=O)[C@@H]3[C@H](C2=O)[C@@H]2C=C[C@@H]3C2)cc1. The Morgan fingerprint density at radius 3 is 2.21 bits per heavy atom. The van der Waals surface area contributed by atoms with E-state index in [1.165, 1.54) is 17.0 Å². The van der Waals surface area contributed by atoms with Crippen LogP contribution in [0.1, 0.15) is 16.8 Å². The fourth-order valence-electron chi connectivity index (χ4n) is 4.71. The van der Waals surface area contributed by atoms with Crippen LogP contribution in [0.25, 0.3) is 0 Å². The maximum Gasteiger partial charge on any atom is 0.255 e. The Balaban J connectivity index is 1.35. The van der Waals surface area contributed by atoms with E-state index in [-0.39, 0.29) is 47.1 Å². The first kappa shape index (κ1) is 16.7. The van der Waals surface area contributed by atoms with E-state index in [0.717, 1.165) is 6.42 Å². The lowest BCUT2D eigenvalue weighted by Gasteiger charge is -2.17. The third kappa shape index (κ3) is 2.45. The molecule has 6 nitrogen and oxygen atoms in total. The van der Waals surface area contributed by atoms with Crippen molar-refractivity contribution < 1.29 is 19.5 Å². The molecule has 0 aromatic heterocycles. The van der Waals surface area contributed by atoms with Gasteiger partial charge in [0, 0.05) is 17.3 Å². The molecule has 2 N–H and O–H groups in total. The zero-order valence-corrected chi connectivity index (χ0v) is 14.9. The molecular weight excluding hydrogens is 356 g/mol. The first-order valence-electron chi connectivity index (χ1n) is 9.29. The van der Waals surface area contributed by atoms with Crippen molar-refractivity contribution in [2.75, 3.05) is 10.2 Å². The average molecular weight is 374 g/mol. The predicted octanol–water partition coefficient (Wildman–Crippen LogP) is 2.96. The van der Waals surface area contributed by atoms with Gasteiger partial charge in [0.1, 0.15) is 5.75 Å². The normalized spacial score (nSPS) is 27.4. The monoisotopic (exact) mass is 374 g/mol. The highest BCUT2D eigenvalue weighted by Gasteiger charge is 2.59. The Hall–Kier alpha value is -3.41. The summed E-state index contributed by atoms with van der Waals surface area (Å²) in [6, 6.07) is 12.7. The molecule has 1 heterocycles. The Labute approximate surface area is 161 Å². The molecule has 0 unspecified atom stereocenters. The van der Waals surface area contributed by atoms with Gasteiger partial charge < -0.3 is 10.4 Å². The molecule has 2 aromatic carbocycles. The number of imide groups is 1. The Bertz CT molecular complexity index is 997. The second kappa shape index (κ2) is 6.05. The number of hydrogen-bond acceptors (Lipinski definition) is 4. The molecule has 1 saturated heterocycles. The molecule has 6 heteroatoms. The second-order valence-electron chi connectivity index (χ2n) is 7.56. The van der Waals surface area contributed by atoms with Gasteiger partial charge in [-0.2, -0.15) is 0 Å². The van der Waals surface area contributed by atoms with Gasteiger partial charge >= 0.3 is 0 Å². The number of anilines is 2. The summed E-state index contributed by atoms with van der Waals surface area (Å²) >= 11 is 0. The molecule has 4 atom stereocenters. The van der Waals surface area contributed by atoms with E-state index in [0.29, 0.717) is 16.9 Å². The number of rotatable bonds is 3. The first-order chi connectivity index (χ1) is 13.5.